The first-order chi connectivity index (χ1) is 8.60. The van der Waals surface area contributed by atoms with Gasteiger partial charge in [-0.15, -0.1) is 0 Å². The third-order valence-corrected chi connectivity index (χ3v) is 6.58. The number of fused-ring (bicyclic) bond motifs is 1. The molecule has 1 unspecified atom stereocenters. The molecule has 18 heavy (non-hydrogen) atoms. The second-order valence-electron chi connectivity index (χ2n) is 7.53. The Morgan fingerprint density at radius 3 is 2.61 bits per heavy atom. The van der Waals surface area contributed by atoms with E-state index in [1.54, 1.807) is 0 Å². The summed E-state index contributed by atoms with van der Waals surface area (Å²) in [6, 6.07) is 0. The van der Waals surface area contributed by atoms with E-state index in [-0.39, 0.29) is 0 Å². The zero-order valence-electron chi connectivity index (χ0n) is 12.0. The lowest BCUT2D eigenvalue weighted by molar-refractivity contribution is 0.187. The van der Waals surface area contributed by atoms with Crippen LogP contribution < -0.4 is 0 Å². The second-order valence-corrected chi connectivity index (χ2v) is 8.42. The van der Waals surface area contributed by atoms with E-state index < -0.39 is 0 Å². The number of nitrogens with zero attached hydrogens (tertiary/aromatic N) is 1. The molecule has 0 bridgehead atoms. The van der Waals surface area contributed by atoms with Crippen molar-refractivity contribution >= 4 is 12.6 Å². The minimum Gasteiger partial charge on any atom is -0.303 e. The molecule has 0 aromatic carbocycles. The van der Waals surface area contributed by atoms with Gasteiger partial charge in [-0.3, -0.25) is 0 Å². The molecule has 1 aliphatic heterocycles. The van der Waals surface area contributed by atoms with E-state index in [9.17, 15) is 0 Å². The fourth-order valence-corrected chi connectivity index (χ4v) is 4.70. The van der Waals surface area contributed by atoms with Gasteiger partial charge in [-0.1, -0.05) is 13.3 Å². The Hall–Kier alpha value is 0.310. The van der Waals surface area contributed by atoms with Crippen LogP contribution in [0, 0.1) is 11.3 Å². The van der Waals surface area contributed by atoms with E-state index in [0.717, 1.165) is 5.92 Å². The summed E-state index contributed by atoms with van der Waals surface area (Å²) in [6.07, 6.45) is 12.9. The van der Waals surface area contributed by atoms with Crippen LogP contribution >= 0.6 is 12.6 Å². The summed E-state index contributed by atoms with van der Waals surface area (Å²) in [5.41, 5.74) is 0.651. The van der Waals surface area contributed by atoms with Crippen molar-refractivity contribution in [3.05, 3.63) is 0 Å². The van der Waals surface area contributed by atoms with E-state index in [4.69, 9.17) is 12.6 Å². The average Bonchev–Trinajstić information content (AvgIpc) is 2.77. The van der Waals surface area contributed by atoms with Gasteiger partial charge in [0.1, 0.15) is 0 Å². The number of likely N-dealkylation sites (tertiary alicyclic amines) is 1. The molecule has 0 N–H and O–H groups in total. The molecular formula is C16H29NS. The van der Waals surface area contributed by atoms with Crippen LogP contribution in [-0.2, 0) is 0 Å². The van der Waals surface area contributed by atoms with Gasteiger partial charge < -0.3 is 4.90 Å². The number of rotatable bonds is 5. The van der Waals surface area contributed by atoms with E-state index in [1.165, 1.54) is 77.4 Å². The number of thiol groups is 1. The molecule has 0 radical (unpaired) electrons. The molecule has 0 aromatic rings. The molecule has 3 rings (SSSR count). The summed E-state index contributed by atoms with van der Waals surface area (Å²) in [7, 11) is 0. The molecule has 0 aromatic heterocycles. The smallest absolute Gasteiger partial charge is 0.0162 e. The second kappa shape index (κ2) is 5.01. The topological polar surface area (TPSA) is 3.24 Å². The molecule has 0 spiro atoms. The Balaban J connectivity index is 1.35. The monoisotopic (exact) mass is 267 g/mol. The average molecular weight is 267 g/mol. The molecule has 1 nitrogen and oxygen atoms in total. The summed E-state index contributed by atoms with van der Waals surface area (Å²) in [6.45, 7) is 6.62. The van der Waals surface area contributed by atoms with Crippen molar-refractivity contribution in [2.45, 2.75) is 69.5 Å². The number of hydrogen-bond donors (Lipinski definition) is 1. The largest absolute Gasteiger partial charge is 0.303 e. The minimum absolute atomic E-state index is 0.481. The summed E-state index contributed by atoms with van der Waals surface area (Å²) >= 11 is 4.83. The predicted octanol–water partition coefficient (Wildman–Crippen LogP) is 4.13. The third-order valence-electron chi connectivity index (χ3n) is 5.80. The van der Waals surface area contributed by atoms with Gasteiger partial charge in [-0.25, -0.2) is 0 Å². The number of unbranched alkanes of at least 4 members (excludes halogenated alkanes) is 1. The molecule has 104 valence electrons. The lowest BCUT2D eigenvalue weighted by Crippen LogP contribution is -2.26. The molecule has 0 amide bonds. The Bertz CT molecular complexity index is 299. The van der Waals surface area contributed by atoms with Crippen LogP contribution in [0.25, 0.3) is 0 Å². The lowest BCUT2D eigenvalue weighted by atomic mass is 9.72. The van der Waals surface area contributed by atoms with Crippen LogP contribution in [0.2, 0.25) is 0 Å². The molecule has 2 aliphatic carbocycles. The fraction of sp³-hybridized carbons (Fsp3) is 1.00. The van der Waals surface area contributed by atoms with Crippen LogP contribution in [-0.4, -0.2) is 29.3 Å². The van der Waals surface area contributed by atoms with Crippen molar-refractivity contribution in [3.8, 4) is 0 Å². The standard InChI is InChI=1S/C16H29NS/c1-15(7-8-16(18)13-14(16)12-15)6-2-3-9-17-10-4-5-11-17/h14,18H,2-13H2,1H3/t14?,15-,16-/m1/s1. The van der Waals surface area contributed by atoms with Gasteiger partial charge in [0.25, 0.3) is 0 Å². The number of hydrogen-bond acceptors (Lipinski definition) is 2. The van der Waals surface area contributed by atoms with Crippen molar-refractivity contribution in [1.82, 2.24) is 4.90 Å². The van der Waals surface area contributed by atoms with Crippen LogP contribution in [0.3, 0.4) is 0 Å². The maximum atomic E-state index is 4.83. The Morgan fingerprint density at radius 1 is 1.11 bits per heavy atom. The highest BCUT2D eigenvalue weighted by Crippen LogP contribution is 2.63. The zero-order valence-corrected chi connectivity index (χ0v) is 12.9. The lowest BCUT2D eigenvalue weighted by Gasteiger charge is -2.36. The van der Waals surface area contributed by atoms with Crippen molar-refractivity contribution in [3.63, 3.8) is 0 Å². The van der Waals surface area contributed by atoms with E-state index in [2.05, 4.69) is 11.8 Å². The van der Waals surface area contributed by atoms with Crippen molar-refractivity contribution in [2.75, 3.05) is 19.6 Å². The van der Waals surface area contributed by atoms with Crippen LogP contribution in [0.5, 0.6) is 0 Å². The summed E-state index contributed by atoms with van der Waals surface area (Å²) in [5.74, 6) is 0.957. The molecule has 3 aliphatic rings. The highest BCUT2D eigenvalue weighted by molar-refractivity contribution is 7.82. The molecular weight excluding hydrogens is 238 g/mol. The normalized spacial score (nSPS) is 44.0. The third kappa shape index (κ3) is 2.90. The van der Waals surface area contributed by atoms with Gasteiger partial charge in [0.05, 0.1) is 0 Å². The molecule has 2 heteroatoms. The van der Waals surface area contributed by atoms with Gasteiger partial charge in [-0.2, -0.15) is 12.6 Å². The quantitative estimate of drug-likeness (QED) is 0.579. The van der Waals surface area contributed by atoms with Gasteiger partial charge in [-0.05, 0) is 82.3 Å². The van der Waals surface area contributed by atoms with Crippen molar-refractivity contribution in [2.24, 2.45) is 11.3 Å². The Labute approximate surface area is 118 Å². The summed E-state index contributed by atoms with van der Waals surface area (Å²) < 4.78 is 0.481. The first-order valence-electron chi connectivity index (χ1n) is 8.05. The van der Waals surface area contributed by atoms with E-state index in [1.807, 2.05) is 0 Å². The maximum Gasteiger partial charge on any atom is 0.0162 e. The van der Waals surface area contributed by atoms with Crippen LogP contribution in [0.4, 0.5) is 0 Å². The van der Waals surface area contributed by atoms with Crippen molar-refractivity contribution in [1.29, 1.82) is 0 Å². The first-order valence-corrected chi connectivity index (χ1v) is 8.49. The molecule has 1 heterocycles. The maximum absolute atomic E-state index is 4.83. The van der Waals surface area contributed by atoms with Gasteiger partial charge >= 0.3 is 0 Å². The Kier molecular flexibility index (Phi) is 3.70. The molecule has 3 atom stereocenters. The minimum atomic E-state index is 0.481. The van der Waals surface area contributed by atoms with Gasteiger partial charge in [0.15, 0.2) is 0 Å². The van der Waals surface area contributed by atoms with Crippen LogP contribution in [0.1, 0.15) is 64.7 Å². The van der Waals surface area contributed by atoms with Crippen molar-refractivity contribution < 1.29 is 0 Å². The predicted molar refractivity (Wildman–Crippen MR) is 81.3 cm³/mol. The van der Waals surface area contributed by atoms with E-state index >= 15 is 0 Å². The van der Waals surface area contributed by atoms with E-state index in [0.29, 0.717) is 10.2 Å². The van der Waals surface area contributed by atoms with Gasteiger partial charge in [0.2, 0.25) is 0 Å². The van der Waals surface area contributed by atoms with Crippen LogP contribution in [0.15, 0.2) is 0 Å². The summed E-state index contributed by atoms with van der Waals surface area (Å²) in [5, 5.41) is 0. The summed E-state index contributed by atoms with van der Waals surface area (Å²) in [4.78, 5) is 2.66. The zero-order chi connectivity index (χ0) is 12.6. The highest BCUT2D eigenvalue weighted by Gasteiger charge is 2.56. The fourth-order valence-electron chi connectivity index (χ4n) is 4.27. The Morgan fingerprint density at radius 2 is 1.89 bits per heavy atom. The SMILES string of the molecule is C[C@@]1(CCCCN2CCCC2)CC[C@@]2(S)CC2C1. The van der Waals surface area contributed by atoms with Gasteiger partial charge in [0, 0.05) is 4.75 Å². The highest BCUT2D eigenvalue weighted by atomic mass is 32.1. The molecule has 3 fully saturated rings. The molecule has 1 saturated heterocycles. The molecule has 2 saturated carbocycles. The first kappa shape index (κ1) is 13.3.